The summed E-state index contributed by atoms with van der Waals surface area (Å²) < 4.78 is 25.2. The van der Waals surface area contributed by atoms with Crippen LogP contribution in [0.2, 0.25) is 0 Å². The topological polar surface area (TPSA) is 127 Å². The molecule has 0 bridgehead atoms. The van der Waals surface area contributed by atoms with Gasteiger partial charge in [-0.1, -0.05) is 30.3 Å². The highest BCUT2D eigenvalue weighted by molar-refractivity contribution is 6.01. The fraction of sp³-hybridized carbons (Fsp3) is 0.500. The minimum absolute atomic E-state index is 0.000634. The second-order valence-corrected chi connectivity index (χ2v) is 16.2. The number of rotatable bonds is 14. The number of likely N-dealkylation sites (tertiary alicyclic amines) is 1. The molecule has 3 aliphatic rings. The molecule has 2 atom stereocenters. The molecule has 0 saturated carbocycles. The molecule has 2 aliphatic heterocycles. The number of Topliss-reactive ketones (excluding diaryl/α,β-unsaturated/α-hetero) is 1. The third-order valence-electron chi connectivity index (χ3n) is 11.0. The van der Waals surface area contributed by atoms with E-state index >= 15 is 0 Å². The minimum atomic E-state index is -0.785. The number of urea groups is 1. The molecule has 56 heavy (non-hydrogen) atoms. The molecule has 0 radical (unpaired) electrons. The summed E-state index contributed by atoms with van der Waals surface area (Å²) in [7, 11) is 0. The predicted octanol–water partition coefficient (Wildman–Crippen LogP) is 6.45. The number of anilines is 1. The molecular weight excluding hydrogens is 712 g/mol. The van der Waals surface area contributed by atoms with Crippen molar-refractivity contribution in [2.45, 2.75) is 82.9 Å². The summed E-state index contributed by atoms with van der Waals surface area (Å²) in [6, 6.07) is 21.8. The number of hydrogen-bond donors (Lipinski definition) is 2. The van der Waals surface area contributed by atoms with Crippen LogP contribution in [-0.2, 0) is 22.3 Å². The average Bonchev–Trinajstić information content (AvgIpc) is 3.16. The van der Waals surface area contributed by atoms with Gasteiger partial charge in [0.25, 0.3) is 0 Å². The fourth-order valence-corrected chi connectivity index (χ4v) is 8.12. The molecule has 2 fully saturated rings. The van der Waals surface area contributed by atoms with Gasteiger partial charge in [-0.05, 0) is 125 Å². The molecule has 3 aromatic rings. The number of imide groups is 1. The van der Waals surface area contributed by atoms with Crippen LogP contribution >= 0.6 is 0 Å². The molecule has 12 heteroatoms. The number of morpholine rings is 1. The Labute approximate surface area is 330 Å². The van der Waals surface area contributed by atoms with Gasteiger partial charge in [-0.15, -0.1) is 0 Å². The monoisotopic (exact) mass is 766 g/mol. The fourth-order valence-electron chi connectivity index (χ4n) is 8.12. The molecule has 2 heterocycles. The Bertz CT molecular complexity index is 1850. The molecule has 1 aliphatic carbocycles. The number of amides is 3. The zero-order valence-electron chi connectivity index (χ0n) is 32.9. The Hall–Kier alpha value is -4.67. The van der Waals surface area contributed by atoms with E-state index in [2.05, 4.69) is 26.5 Å². The Balaban J connectivity index is 1.03. The quantitative estimate of drug-likeness (QED) is 0.178. The SMILES string of the molecule is CC(C)(C)OC(=O)NC(=O)N(CC[C@@H]1COCCN1C1CN(CC[C@H](CNCC(=O)c2cc(C#N)cc3c2CCCC3)c2ccc(F)cc2)C1)c1ccccc1. The Morgan fingerprint density at radius 3 is 2.54 bits per heavy atom. The van der Waals surface area contributed by atoms with E-state index in [9.17, 15) is 24.0 Å². The van der Waals surface area contributed by atoms with E-state index in [1.54, 1.807) is 31.7 Å². The van der Waals surface area contributed by atoms with Gasteiger partial charge in [0.1, 0.15) is 11.4 Å². The summed E-state index contributed by atoms with van der Waals surface area (Å²) in [5.41, 5.74) is 4.39. The van der Waals surface area contributed by atoms with Crippen molar-refractivity contribution in [2.75, 3.05) is 63.9 Å². The van der Waals surface area contributed by atoms with Gasteiger partial charge >= 0.3 is 12.1 Å². The van der Waals surface area contributed by atoms with Gasteiger partial charge in [0, 0.05) is 56.1 Å². The third-order valence-corrected chi connectivity index (χ3v) is 11.0. The normalized spacial score (nSPS) is 18.2. The summed E-state index contributed by atoms with van der Waals surface area (Å²) in [4.78, 5) is 45.8. The molecule has 2 N–H and O–H groups in total. The summed E-state index contributed by atoms with van der Waals surface area (Å²) in [6.07, 6.45) is 4.60. The van der Waals surface area contributed by atoms with Crippen molar-refractivity contribution in [3.8, 4) is 6.07 Å². The number of nitrogens with zero attached hydrogens (tertiary/aromatic N) is 4. The number of benzene rings is 3. The molecular formula is C44H55FN6O5. The number of fused-ring (bicyclic) bond motifs is 1. The number of carbonyl (C=O) groups excluding carboxylic acids is 3. The van der Waals surface area contributed by atoms with Gasteiger partial charge < -0.3 is 19.7 Å². The number of carbonyl (C=O) groups is 3. The van der Waals surface area contributed by atoms with Crippen LogP contribution in [0.25, 0.3) is 0 Å². The van der Waals surface area contributed by atoms with Gasteiger partial charge in [-0.2, -0.15) is 5.26 Å². The van der Waals surface area contributed by atoms with Crippen LogP contribution in [-0.4, -0.2) is 104 Å². The smallest absolute Gasteiger partial charge is 0.415 e. The first-order valence-corrected chi connectivity index (χ1v) is 19.9. The van der Waals surface area contributed by atoms with Gasteiger partial charge in [-0.25, -0.2) is 19.3 Å². The standard InChI is InChI=1S/C44H55FN6O5/c1-44(2,3)56-43(54)48-42(53)51(36-10-5-4-6-11-36)20-18-37-30-55-22-21-50(37)38-28-49(29-38)19-17-34(32-13-15-35(45)16-14-32)26-47-27-41(52)40-24-31(25-46)23-33-9-7-8-12-39(33)40/h4-6,10-11,13-16,23-24,34,37-38,47H,7-9,12,17-22,26-30H2,1-3H3,(H,48,53,54)/t34-,37-/m1/s1. The van der Waals surface area contributed by atoms with Crippen molar-refractivity contribution in [3.05, 3.63) is 100 Å². The van der Waals surface area contributed by atoms with Gasteiger partial charge in [0.2, 0.25) is 0 Å². The lowest BCUT2D eigenvalue weighted by Crippen LogP contribution is -2.64. The maximum absolute atomic E-state index is 13.9. The number of aryl methyl sites for hydroxylation is 1. The highest BCUT2D eigenvalue weighted by atomic mass is 19.1. The van der Waals surface area contributed by atoms with Crippen molar-refractivity contribution in [2.24, 2.45) is 0 Å². The summed E-state index contributed by atoms with van der Waals surface area (Å²) in [5, 5.41) is 15.4. The zero-order valence-corrected chi connectivity index (χ0v) is 32.9. The van der Waals surface area contributed by atoms with Gasteiger partial charge in [0.15, 0.2) is 5.78 Å². The van der Waals surface area contributed by atoms with Crippen molar-refractivity contribution in [1.82, 2.24) is 20.4 Å². The predicted molar refractivity (Wildman–Crippen MR) is 213 cm³/mol. The van der Waals surface area contributed by atoms with E-state index in [0.29, 0.717) is 55.6 Å². The molecule has 0 unspecified atom stereocenters. The first-order valence-electron chi connectivity index (χ1n) is 19.9. The van der Waals surface area contributed by atoms with E-state index in [1.807, 2.05) is 48.5 Å². The number of ether oxygens (including phenoxy) is 2. The van der Waals surface area contributed by atoms with E-state index in [-0.39, 0.29) is 30.1 Å². The second kappa shape index (κ2) is 19.0. The van der Waals surface area contributed by atoms with Crippen LogP contribution in [0.5, 0.6) is 0 Å². The lowest BCUT2D eigenvalue weighted by Gasteiger charge is -2.50. The van der Waals surface area contributed by atoms with Crippen LogP contribution in [0.3, 0.4) is 0 Å². The highest BCUT2D eigenvalue weighted by Crippen LogP contribution is 2.28. The largest absolute Gasteiger partial charge is 0.443 e. The van der Waals surface area contributed by atoms with Crippen molar-refractivity contribution in [3.63, 3.8) is 0 Å². The Morgan fingerprint density at radius 2 is 1.80 bits per heavy atom. The van der Waals surface area contributed by atoms with Crippen LogP contribution < -0.4 is 15.5 Å². The average molecular weight is 767 g/mol. The first kappa shape index (κ1) is 41.0. The lowest BCUT2D eigenvalue weighted by atomic mass is 9.85. The van der Waals surface area contributed by atoms with E-state index in [0.717, 1.165) is 75.0 Å². The molecule has 2 saturated heterocycles. The summed E-state index contributed by atoms with van der Waals surface area (Å²) >= 11 is 0. The Kier molecular flexibility index (Phi) is 13.9. The maximum Gasteiger partial charge on any atom is 0.415 e. The van der Waals surface area contributed by atoms with Crippen molar-refractivity contribution in [1.29, 1.82) is 5.26 Å². The van der Waals surface area contributed by atoms with Gasteiger partial charge in [0.05, 0.1) is 31.4 Å². The zero-order chi connectivity index (χ0) is 39.7. The van der Waals surface area contributed by atoms with E-state index in [4.69, 9.17) is 9.47 Å². The minimum Gasteiger partial charge on any atom is -0.443 e. The maximum atomic E-state index is 13.9. The van der Waals surface area contributed by atoms with E-state index in [1.165, 1.54) is 12.1 Å². The van der Waals surface area contributed by atoms with Crippen molar-refractivity contribution >= 4 is 23.6 Å². The number of alkyl carbamates (subject to hydrolysis) is 1. The Morgan fingerprint density at radius 1 is 1.05 bits per heavy atom. The van der Waals surface area contributed by atoms with Gasteiger partial charge in [-0.3, -0.25) is 14.6 Å². The van der Waals surface area contributed by atoms with E-state index < -0.39 is 17.7 Å². The highest BCUT2D eigenvalue weighted by Gasteiger charge is 2.37. The number of nitriles is 1. The van der Waals surface area contributed by atoms with Crippen LogP contribution in [0.1, 0.15) is 85.0 Å². The summed E-state index contributed by atoms with van der Waals surface area (Å²) in [5.74, 6) is -0.202. The first-order chi connectivity index (χ1) is 27.0. The second-order valence-electron chi connectivity index (χ2n) is 16.2. The molecule has 3 amide bonds. The molecule has 6 rings (SSSR count). The molecule has 0 spiro atoms. The number of ketones is 1. The lowest BCUT2D eigenvalue weighted by molar-refractivity contribution is -0.0700. The number of para-hydroxylation sites is 1. The molecule has 3 aromatic carbocycles. The molecule has 11 nitrogen and oxygen atoms in total. The summed E-state index contributed by atoms with van der Waals surface area (Å²) in [6.45, 7) is 11.1. The number of hydrogen-bond acceptors (Lipinski definition) is 9. The molecule has 0 aromatic heterocycles. The van der Waals surface area contributed by atoms with Crippen LogP contribution in [0.4, 0.5) is 19.7 Å². The number of halogens is 1. The van der Waals surface area contributed by atoms with Crippen LogP contribution in [0, 0.1) is 17.1 Å². The third kappa shape index (κ3) is 11.0. The van der Waals surface area contributed by atoms with Crippen molar-refractivity contribution < 1.29 is 28.2 Å². The van der Waals surface area contributed by atoms with Crippen LogP contribution in [0.15, 0.2) is 66.7 Å². The number of nitrogens with one attached hydrogen (secondary N) is 2. The molecule has 298 valence electrons.